The van der Waals surface area contributed by atoms with Gasteiger partial charge in [-0.25, -0.2) is 4.98 Å². The van der Waals surface area contributed by atoms with E-state index in [9.17, 15) is 0 Å². The number of imidazole rings is 1. The largest absolute Gasteiger partial charge is 0.337 e. The third kappa shape index (κ3) is 3.32. The van der Waals surface area contributed by atoms with Gasteiger partial charge < -0.3 is 14.8 Å². The van der Waals surface area contributed by atoms with Gasteiger partial charge >= 0.3 is 0 Å². The van der Waals surface area contributed by atoms with Crippen LogP contribution in [0.25, 0.3) is 0 Å². The standard InChI is InChI=1S/C12H22N4/c1-13-12-4-2-6-15(10-12)7-3-8-16-9-5-14-11-16/h5,9,11-13H,2-4,6-8,10H2,1H3. The van der Waals surface area contributed by atoms with E-state index in [0.29, 0.717) is 6.04 Å². The number of likely N-dealkylation sites (tertiary alicyclic amines) is 1. The van der Waals surface area contributed by atoms with Crippen LogP contribution in [0.5, 0.6) is 0 Å². The Morgan fingerprint density at radius 2 is 2.38 bits per heavy atom. The number of nitrogens with zero attached hydrogens (tertiary/aromatic N) is 3. The first-order chi connectivity index (χ1) is 7.88. The smallest absolute Gasteiger partial charge is 0.0945 e. The highest BCUT2D eigenvalue weighted by atomic mass is 15.2. The second kappa shape index (κ2) is 6.01. The minimum absolute atomic E-state index is 0.696. The number of piperidine rings is 1. The predicted molar refractivity (Wildman–Crippen MR) is 65.4 cm³/mol. The molecule has 2 heterocycles. The first kappa shape index (κ1) is 11.6. The molecular formula is C12H22N4. The van der Waals surface area contributed by atoms with Crippen LogP contribution >= 0.6 is 0 Å². The molecule has 90 valence electrons. The fourth-order valence-electron chi connectivity index (χ4n) is 2.39. The molecule has 1 aromatic heterocycles. The van der Waals surface area contributed by atoms with Crippen molar-refractivity contribution in [3.8, 4) is 0 Å². The van der Waals surface area contributed by atoms with Gasteiger partial charge in [0, 0.05) is 31.5 Å². The molecule has 0 aromatic carbocycles. The Bertz CT molecular complexity index is 283. The average molecular weight is 222 g/mol. The van der Waals surface area contributed by atoms with Crippen molar-refractivity contribution in [1.82, 2.24) is 19.8 Å². The number of aromatic nitrogens is 2. The van der Waals surface area contributed by atoms with Crippen molar-refractivity contribution in [2.24, 2.45) is 0 Å². The summed E-state index contributed by atoms with van der Waals surface area (Å²) in [4.78, 5) is 6.62. The molecule has 1 aliphatic heterocycles. The van der Waals surface area contributed by atoms with Crippen molar-refractivity contribution in [1.29, 1.82) is 0 Å². The second-order valence-electron chi connectivity index (χ2n) is 4.58. The van der Waals surface area contributed by atoms with Gasteiger partial charge in [0.2, 0.25) is 0 Å². The maximum atomic E-state index is 4.05. The van der Waals surface area contributed by atoms with E-state index in [4.69, 9.17) is 0 Å². The number of nitrogens with one attached hydrogen (secondary N) is 1. The summed E-state index contributed by atoms with van der Waals surface area (Å²) >= 11 is 0. The second-order valence-corrected chi connectivity index (χ2v) is 4.58. The van der Waals surface area contributed by atoms with Crippen molar-refractivity contribution in [2.75, 3.05) is 26.7 Å². The topological polar surface area (TPSA) is 33.1 Å². The van der Waals surface area contributed by atoms with Gasteiger partial charge in [0.15, 0.2) is 0 Å². The highest BCUT2D eigenvalue weighted by Gasteiger charge is 2.17. The van der Waals surface area contributed by atoms with Crippen LogP contribution in [0.15, 0.2) is 18.7 Å². The molecule has 1 N–H and O–H groups in total. The summed E-state index contributed by atoms with van der Waals surface area (Å²) in [6.45, 7) is 4.76. The van der Waals surface area contributed by atoms with Crippen molar-refractivity contribution in [2.45, 2.75) is 31.8 Å². The van der Waals surface area contributed by atoms with Crippen LogP contribution in [-0.2, 0) is 6.54 Å². The molecular weight excluding hydrogens is 200 g/mol. The monoisotopic (exact) mass is 222 g/mol. The van der Waals surface area contributed by atoms with Gasteiger partial charge in [0.05, 0.1) is 6.33 Å². The quantitative estimate of drug-likeness (QED) is 0.805. The van der Waals surface area contributed by atoms with Gasteiger partial charge in [-0.2, -0.15) is 0 Å². The average Bonchev–Trinajstić information content (AvgIpc) is 2.82. The number of rotatable bonds is 5. The highest BCUT2D eigenvalue weighted by molar-refractivity contribution is 4.78. The molecule has 1 fully saturated rings. The van der Waals surface area contributed by atoms with Crippen molar-refractivity contribution < 1.29 is 0 Å². The summed E-state index contributed by atoms with van der Waals surface area (Å²) in [6, 6.07) is 0.696. The van der Waals surface area contributed by atoms with Crippen LogP contribution in [0.1, 0.15) is 19.3 Å². The van der Waals surface area contributed by atoms with Gasteiger partial charge in [0.1, 0.15) is 0 Å². The normalized spacial score (nSPS) is 22.4. The molecule has 4 heteroatoms. The van der Waals surface area contributed by atoms with E-state index in [0.717, 1.165) is 6.54 Å². The van der Waals surface area contributed by atoms with Crippen LogP contribution in [-0.4, -0.2) is 47.2 Å². The maximum absolute atomic E-state index is 4.05. The summed E-state index contributed by atoms with van der Waals surface area (Å²) in [5, 5.41) is 3.38. The van der Waals surface area contributed by atoms with Crippen LogP contribution in [0.4, 0.5) is 0 Å². The summed E-state index contributed by atoms with van der Waals surface area (Å²) < 4.78 is 2.15. The molecule has 0 amide bonds. The van der Waals surface area contributed by atoms with E-state index >= 15 is 0 Å². The first-order valence-corrected chi connectivity index (χ1v) is 6.24. The van der Waals surface area contributed by atoms with Crippen LogP contribution < -0.4 is 5.32 Å². The summed E-state index contributed by atoms with van der Waals surface area (Å²) in [6.07, 6.45) is 9.65. The molecule has 16 heavy (non-hydrogen) atoms. The van der Waals surface area contributed by atoms with Gasteiger partial charge in [-0.3, -0.25) is 0 Å². The lowest BCUT2D eigenvalue weighted by Gasteiger charge is -2.32. The molecule has 0 bridgehead atoms. The Morgan fingerprint density at radius 1 is 1.44 bits per heavy atom. The zero-order valence-electron chi connectivity index (χ0n) is 10.1. The summed E-state index contributed by atoms with van der Waals surface area (Å²) in [5.74, 6) is 0. The van der Waals surface area contributed by atoms with E-state index < -0.39 is 0 Å². The SMILES string of the molecule is CNC1CCCN(CCCn2ccnc2)C1. The molecule has 1 saturated heterocycles. The Morgan fingerprint density at radius 3 is 3.12 bits per heavy atom. The van der Waals surface area contributed by atoms with Crippen molar-refractivity contribution >= 4 is 0 Å². The predicted octanol–water partition coefficient (Wildman–Crippen LogP) is 0.957. The van der Waals surface area contributed by atoms with E-state index in [1.54, 1.807) is 0 Å². The lowest BCUT2D eigenvalue weighted by atomic mass is 10.1. The molecule has 2 rings (SSSR count). The van der Waals surface area contributed by atoms with E-state index in [1.807, 2.05) is 18.7 Å². The minimum atomic E-state index is 0.696. The Kier molecular flexibility index (Phi) is 4.36. The lowest BCUT2D eigenvalue weighted by molar-refractivity contribution is 0.191. The third-order valence-corrected chi connectivity index (χ3v) is 3.36. The number of likely N-dealkylation sites (N-methyl/N-ethyl adjacent to an activating group) is 1. The highest BCUT2D eigenvalue weighted by Crippen LogP contribution is 2.10. The van der Waals surface area contributed by atoms with Crippen LogP contribution in [0.2, 0.25) is 0 Å². The van der Waals surface area contributed by atoms with Gasteiger partial charge in [-0.1, -0.05) is 0 Å². The first-order valence-electron chi connectivity index (χ1n) is 6.24. The van der Waals surface area contributed by atoms with Crippen molar-refractivity contribution in [3.05, 3.63) is 18.7 Å². The minimum Gasteiger partial charge on any atom is -0.337 e. The fraction of sp³-hybridized carbons (Fsp3) is 0.750. The van der Waals surface area contributed by atoms with Gasteiger partial charge in [0.25, 0.3) is 0 Å². The molecule has 1 aliphatic rings. The van der Waals surface area contributed by atoms with Gasteiger partial charge in [-0.05, 0) is 39.4 Å². The molecule has 0 radical (unpaired) electrons. The molecule has 0 spiro atoms. The third-order valence-electron chi connectivity index (χ3n) is 3.36. The molecule has 4 nitrogen and oxygen atoms in total. The Labute approximate surface area is 97.7 Å². The van der Waals surface area contributed by atoms with E-state index in [-0.39, 0.29) is 0 Å². The zero-order valence-corrected chi connectivity index (χ0v) is 10.1. The van der Waals surface area contributed by atoms with Crippen LogP contribution in [0, 0.1) is 0 Å². The number of hydrogen-bond acceptors (Lipinski definition) is 3. The molecule has 1 aromatic rings. The zero-order chi connectivity index (χ0) is 11.2. The molecule has 1 atom stereocenters. The Hall–Kier alpha value is -0.870. The van der Waals surface area contributed by atoms with E-state index in [1.165, 1.54) is 38.9 Å². The summed E-state index contributed by atoms with van der Waals surface area (Å²) in [5.41, 5.74) is 0. The maximum Gasteiger partial charge on any atom is 0.0945 e. The summed E-state index contributed by atoms with van der Waals surface area (Å²) in [7, 11) is 2.07. The van der Waals surface area contributed by atoms with Crippen molar-refractivity contribution in [3.63, 3.8) is 0 Å². The Balaban J connectivity index is 1.65. The van der Waals surface area contributed by atoms with Crippen LogP contribution in [0.3, 0.4) is 0 Å². The molecule has 1 unspecified atom stereocenters. The molecule has 0 aliphatic carbocycles. The fourth-order valence-corrected chi connectivity index (χ4v) is 2.39. The van der Waals surface area contributed by atoms with E-state index in [2.05, 4.69) is 26.8 Å². The molecule has 0 saturated carbocycles. The lowest BCUT2D eigenvalue weighted by Crippen LogP contribution is -2.44. The number of hydrogen-bond donors (Lipinski definition) is 1. The van der Waals surface area contributed by atoms with Gasteiger partial charge in [-0.15, -0.1) is 0 Å². The number of aryl methyl sites for hydroxylation is 1.